The summed E-state index contributed by atoms with van der Waals surface area (Å²) in [5.74, 6) is 0.162. The number of nitrogens with zero attached hydrogens (tertiary/aromatic N) is 4. The number of rotatable bonds is 6. The molecule has 1 N–H and O–H groups in total. The molecule has 1 aromatic rings. The molecule has 2 saturated heterocycles. The van der Waals surface area contributed by atoms with Crippen LogP contribution >= 0.6 is 0 Å². The van der Waals surface area contributed by atoms with Crippen molar-refractivity contribution in [1.29, 1.82) is 0 Å². The van der Waals surface area contributed by atoms with Crippen molar-refractivity contribution in [1.82, 2.24) is 24.9 Å². The van der Waals surface area contributed by atoms with Gasteiger partial charge in [0.2, 0.25) is 5.91 Å². The third kappa shape index (κ3) is 4.53. The summed E-state index contributed by atoms with van der Waals surface area (Å²) >= 11 is 0. The SMILES string of the molecule is Cc1cnn(CC(=O)N(CCN2CCOCC2)C2CCNC2)c1. The molecule has 3 rings (SSSR count). The van der Waals surface area contributed by atoms with Gasteiger partial charge in [0.05, 0.1) is 19.4 Å². The van der Waals surface area contributed by atoms with Gasteiger partial charge in [-0.2, -0.15) is 5.10 Å². The number of carbonyl (C=O) groups excluding carboxylic acids is 1. The summed E-state index contributed by atoms with van der Waals surface area (Å²) in [5.41, 5.74) is 1.08. The lowest BCUT2D eigenvalue weighted by molar-refractivity contribution is -0.134. The second-order valence-corrected chi connectivity index (χ2v) is 6.40. The second-order valence-electron chi connectivity index (χ2n) is 6.40. The van der Waals surface area contributed by atoms with Crippen molar-refractivity contribution in [2.45, 2.75) is 25.9 Å². The normalized spacial score (nSPS) is 22.4. The van der Waals surface area contributed by atoms with E-state index in [1.165, 1.54) is 0 Å². The molecule has 0 saturated carbocycles. The summed E-state index contributed by atoms with van der Waals surface area (Å²) in [6.45, 7) is 9.43. The van der Waals surface area contributed by atoms with Gasteiger partial charge in [0.25, 0.3) is 0 Å². The number of ether oxygens (including phenoxy) is 1. The maximum Gasteiger partial charge on any atom is 0.244 e. The van der Waals surface area contributed by atoms with Gasteiger partial charge in [-0.15, -0.1) is 0 Å². The molecule has 3 heterocycles. The molecule has 1 atom stereocenters. The van der Waals surface area contributed by atoms with Crippen LogP contribution in [0.3, 0.4) is 0 Å². The Morgan fingerprint density at radius 2 is 2.30 bits per heavy atom. The van der Waals surface area contributed by atoms with Gasteiger partial charge in [-0.1, -0.05) is 0 Å². The fourth-order valence-corrected chi connectivity index (χ4v) is 3.27. The molecule has 0 spiro atoms. The van der Waals surface area contributed by atoms with Gasteiger partial charge in [0, 0.05) is 45.0 Å². The van der Waals surface area contributed by atoms with Crippen LogP contribution in [-0.2, 0) is 16.1 Å². The third-order valence-corrected chi connectivity index (χ3v) is 4.62. The molecule has 7 heteroatoms. The highest BCUT2D eigenvalue weighted by Crippen LogP contribution is 2.11. The number of amides is 1. The van der Waals surface area contributed by atoms with E-state index in [0.29, 0.717) is 12.6 Å². The van der Waals surface area contributed by atoms with E-state index >= 15 is 0 Å². The minimum Gasteiger partial charge on any atom is -0.379 e. The van der Waals surface area contributed by atoms with Crippen molar-refractivity contribution >= 4 is 5.91 Å². The Bertz CT molecular complexity index is 506. The van der Waals surface area contributed by atoms with Crippen LogP contribution in [-0.4, -0.2) is 84.0 Å². The van der Waals surface area contributed by atoms with Crippen LogP contribution in [0, 0.1) is 6.92 Å². The maximum absolute atomic E-state index is 12.8. The van der Waals surface area contributed by atoms with Gasteiger partial charge < -0.3 is 15.0 Å². The Labute approximate surface area is 137 Å². The Hall–Kier alpha value is -1.44. The van der Waals surface area contributed by atoms with E-state index in [0.717, 1.165) is 64.5 Å². The average molecular weight is 321 g/mol. The zero-order valence-electron chi connectivity index (χ0n) is 13.9. The average Bonchev–Trinajstić information content (AvgIpc) is 3.21. The minimum atomic E-state index is 0.162. The van der Waals surface area contributed by atoms with Gasteiger partial charge >= 0.3 is 0 Å². The van der Waals surface area contributed by atoms with E-state index in [1.54, 1.807) is 10.9 Å². The fourth-order valence-electron chi connectivity index (χ4n) is 3.27. The van der Waals surface area contributed by atoms with Crippen molar-refractivity contribution in [3.63, 3.8) is 0 Å². The molecule has 2 aliphatic rings. The van der Waals surface area contributed by atoms with Crippen LogP contribution < -0.4 is 5.32 Å². The molecule has 0 aromatic carbocycles. The van der Waals surface area contributed by atoms with Crippen molar-refractivity contribution in [3.8, 4) is 0 Å². The highest BCUT2D eigenvalue weighted by molar-refractivity contribution is 5.76. The number of aromatic nitrogens is 2. The van der Waals surface area contributed by atoms with Crippen LogP contribution in [0.25, 0.3) is 0 Å². The standard InChI is InChI=1S/C16H27N5O2/c1-14-10-18-20(12-14)13-16(22)21(15-2-3-17-11-15)5-4-19-6-8-23-9-7-19/h10,12,15,17H,2-9,11,13H2,1H3. The van der Waals surface area contributed by atoms with Crippen LogP contribution in [0.2, 0.25) is 0 Å². The van der Waals surface area contributed by atoms with Crippen LogP contribution in [0.4, 0.5) is 0 Å². The van der Waals surface area contributed by atoms with Gasteiger partial charge in [-0.05, 0) is 25.5 Å². The van der Waals surface area contributed by atoms with E-state index < -0.39 is 0 Å². The number of carbonyl (C=O) groups is 1. The topological polar surface area (TPSA) is 62.6 Å². The number of aryl methyl sites for hydroxylation is 1. The van der Waals surface area contributed by atoms with E-state index in [-0.39, 0.29) is 5.91 Å². The molecule has 0 bridgehead atoms. The van der Waals surface area contributed by atoms with Crippen LogP contribution in [0.5, 0.6) is 0 Å². The smallest absolute Gasteiger partial charge is 0.244 e. The fraction of sp³-hybridized carbons (Fsp3) is 0.750. The summed E-state index contributed by atoms with van der Waals surface area (Å²) < 4.78 is 7.13. The lowest BCUT2D eigenvalue weighted by atomic mass is 10.2. The lowest BCUT2D eigenvalue weighted by Gasteiger charge is -2.33. The molecule has 2 fully saturated rings. The van der Waals surface area contributed by atoms with E-state index in [2.05, 4.69) is 15.3 Å². The van der Waals surface area contributed by atoms with E-state index in [9.17, 15) is 4.79 Å². The predicted molar refractivity (Wildman–Crippen MR) is 87.2 cm³/mol. The van der Waals surface area contributed by atoms with Gasteiger partial charge in [-0.25, -0.2) is 0 Å². The largest absolute Gasteiger partial charge is 0.379 e. The molecule has 0 aliphatic carbocycles. The van der Waals surface area contributed by atoms with Crippen molar-refractivity contribution in [2.75, 3.05) is 52.5 Å². The molecule has 1 amide bonds. The summed E-state index contributed by atoms with van der Waals surface area (Å²) in [6, 6.07) is 0.306. The highest BCUT2D eigenvalue weighted by atomic mass is 16.5. The van der Waals surface area contributed by atoms with Crippen molar-refractivity contribution in [2.24, 2.45) is 0 Å². The first-order chi connectivity index (χ1) is 11.2. The number of hydrogen-bond acceptors (Lipinski definition) is 5. The van der Waals surface area contributed by atoms with E-state index in [1.807, 2.05) is 18.0 Å². The number of morpholine rings is 1. The molecule has 1 unspecified atom stereocenters. The minimum absolute atomic E-state index is 0.162. The lowest BCUT2D eigenvalue weighted by Crippen LogP contribution is -2.48. The van der Waals surface area contributed by atoms with Crippen molar-refractivity contribution < 1.29 is 9.53 Å². The Morgan fingerprint density at radius 3 is 2.96 bits per heavy atom. The summed E-state index contributed by atoms with van der Waals surface area (Å²) in [7, 11) is 0. The molecule has 2 aliphatic heterocycles. The molecule has 23 heavy (non-hydrogen) atoms. The number of nitrogens with one attached hydrogen (secondary N) is 1. The number of hydrogen-bond donors (Lipinski definition) is 1. The molecule has 7 nitrogen and oxygen atoms in total. The van der Waals surface area contributed by atoms with Crippen molar-refractivity contribution in [3.05, 3.63) is 18.0 Å². The summed E-state index contributed by atoms with van der Waals surface area (Å²) in [5, 5.41) is 7.61. The second kappa shape index (κ2) is 7.90. The Balaban J connectivity index is 1.58. The maximum atomic E-state index is 12.8. The summed E-state index contributed by atoms with van der Waals surface area (Å²) in [4.78, 5) is 17.2. The molecule has 1 aromatic heterocycles. The van der Waals surface area contributed by atoms with E-state index in [4.69, 9.17) is 4.74 Å². The highest BCUT2D eigenvalue weighted by Gasteiger charge is 2.27. The Kier molecular flexibility index (Phi) is 5.64. The predicted octanol–water partition coefficient (Wildman–Crippen LogP) is -0.286. The zero-order valence-corrected chi connectivity index (χ0v) is 13.9. The Morgan fingerprint density at radius 1 is 1.48 bits per heavy atom. The van der Waals surface area contributed by atoms with Gasteiger partial charge in [0.15, 0.2) is 0 Å². The van der Waals surface area contributed by atoms with Gasteiger partial charge in [-0.3, -0.25) is 14.4 Å². The first-order valence-corrected chi connectivity index (χ1v) is 8.52. The molecule has 128 valence electrons. The quantitative estimate of drug-likeness (QED) is 0.780. The van der Waals surface area contributed by atoms with Crippen LogP contribution in [0.15, 0.2) is 12.4 Å². The third-order valence-electron chi connectivity index (χ3n) is 4.62. The van der Waals surface area contributed by atoms with Crippen LogP contribution in [0.1, 0.15) is 12.0 Å². The molecular formula is C16H27N5O2. The van der Waals surface area contributed by atoms with Gasteiger partial charge in [0.1, 0.15) is 6.54 Å². The first kappa shape index (κ1) is 16.4. The zero-order chi connectivity index (χ0) is 16.1. The summed E-state index contributed by atoms with van der Waals surface area (Å²) in [6.07, 6.45) is 4.75. The monoisotopic (exact) mass is 321 g/mol. The first-order valence-electron chi connectivity index (χ1n) is 8.52. The molecule has 0 radical (unpaired) electrons. The molecular weight excluding hydrogens is 294 g/mol.